The maximum absolute atomic E-state index is 11.9. The van der Waals surface area contributed by atoms with Crippen molar-refractivity contribution in [1.82, 2.24) is 5.32 Å². The fourth-order valence-corrected chi connectivity index (χ4v) is 3.22. The lowest BCUT2D eigenvalue weighted by Gasteiger charge is -2.06. The van der Waals surface area contributed by atoms with E-state index in [1.807, 2.05) is 42.6 Å². The van der Waals surface area contributed by atoms with E-state index >= 15 is 0 Å². The number of rotatable bonds is 7. The van der Waals surface area contributed by atoms with Gasteiger partial charge in [-0.3, -0.25) is 9.59 Å². The maximum atomic E-state index is 11.9. The molecular weight excluding hydrogens is 338 g/mol. The van der Waals surface area contributed by atoms with Gasteiger partial charge in [0, 0.05) is 22.4 Å². The van der Waals surface area contributed by atoms with Gasteiger partial charge in [-0.15, -0.1) is 11.3 Å². The van der Waals surface area contributed by atoms with Crippen molar-refractivity contribution in [2.24, 2.45) is 0 Å². The number of esters is 1. The van der Waals surface area contributed by atoms with Crippen LogP contribution in [0.15, 0.2) is 46.4 Å². The third kappa shape index (κ3) is 4.70. The van der Waals surface area contributed by atoms with Gasteiger partial charge in [-0.1, -0.05) is 18.2 Å². The number of thiophene rings is 1. The van der Waals surface area contributed by atoms with Crippen LogP contribution in [0.1, 0.15) is 16.0 Å². The number of fused-ring (bicyclic) bond motifs is 1. The van der Waals surface area contributed by atoms with E-state index < -0.39 is 5.97 Å². The normalized spacial score (nSPS) is 10.8. The smallest absolute Gasteiger partial charge is 0.310 e. The number of furan rings is 1. The Kier molecular flexibility index (Phi) is 5.50. The minimum Gasteiger partial charge on any atom is -0.464 e. The number of ether oxygens (including phenoxy) is 1. The van der Waals surface area contributed by atoms with Crippen LogP contribution in [0, 0.1) is 6.92 Å². The van der Waals surface area contributed by atoms with Crippen molar-refractivity contribution in [1.29, 1.82) is 0 Å². The molecule has 0 spiro atoms. The summed E-state index contributed by atoms with van der Waals surface area (Å²) in [4.78, 5) is 24.9. The number of carbonyl (C=O) groups excluding carboxylic acids is 2. The lowest BCUT2D eigenvalue weighted by molar-refractivity contribution is -0.147. The van der Waals surface area contributed by atoms with Crippen LogP contribution in [-0.2, 0) is 27.2 Å². The van der Waals surface area contributed by atoms with E-state index in [2.05, 4.69) is 5.32 Å². The fraction of sp³-hybridized carbons (Fsp3) is 0.263. The zero-order valence-electron chi connectivity index (χ0n) is 13.9. The zero-order chi connectivity index (χ0) is 17.6. The summed E-state index contributed by atoms with van der Waals surface area (Å²) in [6.07, 6.45) is 2.42. The van der Waals surface area contributed by atoms with Crippen molar-refractivity contribution in [3.63, 3.8) is 0 Å². The van der Waals surface area contributed by atoms with Crippen LogP contribution in [-0.4, -0.2) is 25.0 Å². The van der Waals surface area contributed by atoms with Crippen molar-refractivity contribution < 1.29 is 18.7 Å². The highest BCUT2D eigenvalue weighted by molar-refractivity contribution is 7.09. The lowest BCUT2D eigenvalue weighted by Crippen LogP contribution is -2.30. The van der Waals surface area contributed by atoms with Crippen LogP contribution in [0.3, 0.4) is 0 Å². The van der Waals surface area contributed by atoms with Crippen molar-refractivity contribution in [2.75, 3.05) is 13.2 Å². The molecule has 0 aliphatic rings. The summed E-state index contributed by atoms with van der Waals surface area (Å²) in [5.41, 5.74) is 2.60. The number of nitrogens with one attached hydrogen (secondary N) is 1. The standard InChI is InChI=1S/C19H19NO4S/c1-13-4-5-16-14(11-23-17(16)9-13)10-19(22)24-12-18(21)20-7-6-15-3-2-8-25-15/h2-5,8-9,11H,6-7,10,12H2,1H3,(H,20,21). The van der Waals surface area contributed by atoms with E-state index in [9.17, 15) is 9.59 Å². The lowest BCUT2D eigenvalue weighted by atomic mass is 10.1. The van der Waals surface area contributed by atoms with Crippen LogP contribution in [0.5, 0.6) is 0 Å². The van der Waals surface area contributed by atoms with Crippen LogP contribution < -0.4 is 5.32 Å². The quantitative estimate of drug-likeness (QED) is 0.659. The molecule has 0 aliphatic carbocycles. The number of carbonyl (C=O) groups is 2. The highest BCUT2D eigenvalue weighted by Gasteiger charge is 2.13. The second kappa shape index (κ2) is 7.98. The Morgan fingerprint density at radius 2 is 2.16 bits per heavy atom. The summed E-state index contributed by atoms with van der Waals surface area (Å²) < 4.78 is 10.5. The van der Waals surface area contributed by atoms with Gasteiger partial charge in [0.25, 0.3) is 5.91 Å². The molecule has 1 N–H and O–H groups in total. The molecule has 130 valence electrons. The van der Waals surface area contributed by atoms with Crippen molar-refractivity contribution in [3.8, 4) is 0 Å². The molecule has 0 saturated carbocycles. The molecule has 25 heavy (non-hydrogen) atoms. The summed E-state index contributed by atoms with van der Waals surface area (Å²) in [6, 6.07) is 9.81. The largest absolute Gasteiger partial charge is 0.464 e. The molecule has 0 radical (unpaired) electrons. The summed E-state index contributed by atoms with van der Waals surface area (Å²) in [7, 11) is 0. The van der Waals surface area contributed by atoms with Gasteiger partial charge in [-0.05, 0) is 36.4 Å². The van der Waals surface area contributed by atoms with Gasteiger partial charge in [0.05, 0.1) is 12.7 Å². The molecule has 0 aliphatic heterocycles. The second-order valence-corrected chi connectivity index (χ2v) is 6.81. The van der Waals surface area contributed by atoms with Crippen LogP contribution in [0.25, 0.3) is 11.0 Å². The Hall–Kier alpha value is -2.60. The molecule has 1 amide bonds. The van der Waals surface area contributed by atoms with Crippen LogP contribution >= 0.6 is 11.3 Å². The first-order valence-corrected chi connectivity index (χ1v) is 8.91. The number of amides is 1. The average molecular weight is 357 g/mol. The molecular formula is C19H19NO4S. The maximum Gasteiger partial charge on any atom is 0.310 e. The third-order valence-electron chi connectivity index (χ3n) is 3.78. The number of hydrogen-bond donors (Lipinski definition) is 1. The topological polar surface area (TPSA) is 68.5 Å². The number of benzene rings is 1. The molecule has 2 heterocycles. The van der Waals surface area contributed by atoms with E-state index in [-0.39, 0.29) is 18.9 Å². The summed E-state index contributed by atoms with van der Waals surface area (Å²) >= 11 is 1.65. The third-order valence-corrected chi connectivity index (χ3v) is 4.72. The first-order chi connectivity index (χ1) is 12.1. The molecule has 2 aromatic heterocycles. The highest BCUT2D eigenvalue weighted by Crippen LogP contribution is 2.22. The van der Waals surface area contributed by atoms with E-state index in [0.717, 1.165) is 28.5 Å². The van der Waals surface area contributed by atoms with E-state index in [4.69, 9.17) is 9.15 Å². The van der Waals surface area contributed by atoms with Crippen LogP contribution in [0.4, 0.5) is 0 Å². The van der Waals surface area contributed by atoms with Gasteiger partial charge in [0.15, 0.2) is 6.61 Å². The Balaban J connectivity index is 1.43. The number of aryl methyl sites for hydroxylation is 1. The highest BCUT2D eigenvalue weighted by atomic mass is 32.1. The van der Waals surface area contributed by atoms with Gasteiger partial charge >= 0.3 is 5.97 Å². The Labute approximate surface area is 149 Å². The molecule has 0 saturated heterocycles. The second-order valence-electron chi connectivity index (χ2n) is 5.78. The monoisotopic (exact) mass is 357 g/mol. The summed E-state index contributed by atoms with van der Waals surface area (Å²) in [5, 5.41) is 5.63. The fourth-order valence-electron chi connectivity index (χ4n) is 2.51. The van der Waals surface area contributed by atoms with Crippen molar-refractivity contribution in [2.45, 2.75) is 19.8 Å². The van der Waals surface area contributed by atoms with Gasteiger partial charge < -0.3 is 14.5 Å². The predicted octanol–water partition coefficient (Wildman–Crippen LogP) is 3.25. The predicted molar refractivity (Wildman–Crippen MR) is 96.6 cm³/mol. The van der Waals surface area contributed by atoms with Gasteiger partial charge in [0.2, 0.25) is 0 Å². The number of hydrogen-bond acceptors (Lipinski definition) is 5. The molecule has 1 aromatic carbocycles. The molecule has 6 heteroatoms. The molecule has 0 bridgehead atoms. The van der Waals surface area contributed by atoms with Crippen LogP contribution in [0.2, 0.25) is 0 Å². The molecule has 5 nitrogen and oxygen atoms in total. The zero-order valence-corrected chi connectivity index (χ0v) is 14.7. The van der Waals surface area contributed by atoms with Gasteiger partial charge in [-0.2, -0.15) is 0 Å². The minimum atomic E-state index is -0.448. The average Bonchev–Trinajstić information content (AvgIpc) is 3.23. The Morgan fingerprint density at radius 3 is 2.96 bits per heavy atom. The summed E-state index contributed by atoms with van der Waals surface area (Å²) in [5.74, 6) is -0.741. The molecule has 3 rings (SSSR count). The van der Waals surface area contributed by atoms with Gasteiger partial charge in [0.1, 0.15) is 5.58 Å². The Morgan fingerprint density at radius 1 is 1.28 bits per heavy atom. The first kappa shape index (κ1) is 17.2. The van der Waals surface area contributed by atoms with E-state index in [0.29, 0.717) is 6.54 Å². The molecule has 0 unspecified atom stereocenters. The van der Waals surface area contributed by atoms with Crippen molar-refractivity contribution >= 4 is 34.2 Å². The minimum absolute atomic E-state index is 0.0819. The molecule has 0 fully saturated rings. The van der Waals surface area contributed by atoms with E-state index in [1.54, 1.807) is 17.6 Å². The SMILES string of the molecule is Cc1ccc2c(CC(=O)OCC(=O)NCCc3cccs3)coc2c1. The van der Waals surface area contributed by atoms with Crippen molar-refractivity contribution in [3.05, 3.63) is 58.0 Å². The van der Waals surface area contributed by atoms with E-state index in [1.165, 1.54) is 4.88 Å². The Bertz CT molecular complexity index is 867. The molecule has 0 atom stereocenters. The molecule has 3 aromatic rings. The van der Waals surface area contributed by atoms with Gasteiger partial charge in [-0.25, -0.2) is 0 Å². The summed E-state index contributed by atoms with van der Waals surface area (Å²) in [6.45, 7) is 2.24. The first-order valence-electron chi connectivity index (χ1n) is 8.03.